The number of pyridine rings is 1. The third kappa shape index (κ3) is 2.73. The van der Waals surface area contributed by atoms with Crippen molar-refractivity contribution in [1.82, 2.24) is 10.3 Å². The fourth-order valence-corrected chi connectivity index (χ4v) is 2.18. The summed E-state index contributed by atoms with van der Waals surface area (Å²) in [5.74, 6) is -2.36. The van der Waals surface area contributed by atoms with E-state index < -0.39 is 11.6 Å². The van der Waals surface area contributed by atoms with Gasteiger partial charge in [0.2, 0.25) is 0 Å². The molecule has 0 aliphatic heterocycles. The molecule has 2 rings (SSSR count). The van der Waals surface area contributed by atoms with Crippen molar-refractivity contribution in [3.8, 4) is 0 Å². The van der Waals surface area contributed by atoms with E-state index in [-0.39, 0.29) is 28.4 Å². The van der Waals surface area contributed by atoms with E-state index in [0.29, 0.717) is 4.47 Å². The summed E-state index contributed by atoms with van der Waals surface area (Å²) < 4.78 is 27.4. The minimum absolute atomic E-state index is 0.0247. The SMILES string of the molecule is CC(C)NC(=O)c1cnc2c(Br)cc(F)c(F)c2c1. The standard InChI is InChI=1S/C13H11BrF2N2O/c1-6(2)18-13(19)7-3-8-11(16)10(15)4-9(14)12(8)17-5-7/h3-6H,1-2H3,(H,18,19). The van der Waals surface area contributed by atoms with Gasteiger partial charge < -0.3 is 5.32 Å². The van der Waals surface area contributed by atoms with Crippen LogP contribution in [0.3, 0.4) is 0 Å². The highest BCUT2D eigenvalue weighted by molar-refractivity contribution is 9.10. The average molecular weight is 329 g/mol. The lowest BCUT2D eigenvalue weighted by atomic mass is 10.1. The maximum absolute atomic E-state index is 13.7. The van der Waals surface area contributed by atoms with Gasteiger partial charge in [0.15, 0.2) is 11.6 Å². The predicted molar refractivity (Wildman–Crippen MR) is 72.0 cm³/mol. The highest BCUT2D eigenvalue weighted by Gasteiger charge is 2.15. The fraction of sp³-hybridized carbons (Fsp3) is 0.231. The van der Waals surface area contributed by atoms with Crippen molar-refractivity contribution in [1.29, 1.82) is 0 Å². The van der Waals surface area contributed by atoms with Crippen LogP contribution in [0.4, 0.5) is 8.78 Å². The number of carbonyl (C=O) groups is 1. The van der Waals surface area contributed by atoms with Gasteiger partial charge in [0.25, 0.3) is 5.91 Å². The molecule has 0 radical (unpaired) electrons. The molecule has 0 fully saturated rings. The molecule has 1 amide bonds. The van der Waals surface area contributed by atoms with Gasteiger partial charge in [-0.05, 0) is 41.9 Å². The molecule has 0 bridgehead atoms. The Labute approximate surface area is 117 Å². The summed E-state index contributed by atoms with van der Waals surface area (Å²) >= 11 is 3.11. The number of rotatable bonds is 2. The Bertz CT molecular complexity index is 659. The number of benzene rings is 1. The third-order valence-electron chi connectivity index (χ3n) is 2.50. The van der Waals surface area contributed by atoms with Crippen LogP contribution in [-0.2, 0) is 0 Å². The lowest BCUT2D eigenvalue weighted by Crippen LogP contribution is -2.30. The van der Waals surface area contributed by atoms with Crippen molar-refractivity contribution in [2.45, 2.75) is 19.9 Å². The quantitative estimate of drug-likeness (QED) is 0.858. The third-order valence-corrected chi connectivity index (χ3v) is 3.10. The van der Waals surface area contributed by atoms with E-state index in [1.54, 1.807) is 0 Å². The number of nitrogens with one attached hydrogen (secondary N) is 1. The van der Waals surface area contributed by atoms with Crippen LogP contribution in [-0.4, -0.2) is 16.9 Å². The molecule has 1 N–H and O–H groups in total. The van der Waals surface area contributed by atoms with E-state index in [0.717, 1.165) is 6.07 Å². The molecule has 19 heavy (non-hydrogen) atoms. The van der Waals surface area contributed by atoms with Crippen molar-refractivity contribution in [3.63, 3.8) is 0 Å². The Morgan fingerprint density at radius 3 is 2.68 bits per heavy atom. The van der Waals surface area contributed by atoms with Gasteiger partial charge >= 0.3 is 0 Å². The molecule has 0 unspecified atom stereocenters. The molecule has 0 spiro atoms. The Balaban J connectivity index is 2.57. The normalized spacial score (nSPS) is 11.1. The van der Waals surface area contributed by atoms with Crippen molar-refractivity contribution in [2.75, 3.05) is 0 Å². The molecule has 0 aliphatic carbocycles. The van der Waals surface area contributed by atoms with E-state index in [4.69, 9.17) is 0 Å². The van der Waals surface area contributed by atoms with Crippen LogP contribution >= 0.6 is 15.9 Å². The van der Waals surface area contributed by atoms with Gasteiger partial charge in [0.05, 0.1) is 11.1 Å². The monoisotopic (exact) mass is 328 g/mol. The van der Waals surface area contributed by atoms with E-state index in [1.807, 2.05) is 13.8 Å². The van der Waals surface area contributed by atoms with Crippen molar-refractivity contribution in [3.05, 3.63) is 40.0 Å². The van der Waals surface area contributed by atoms with Crippen molar-refractivity contribution in [2.24, 2.45) is 0 Å². The first kappa shape index (κ1) is 13.9. The lowest BCUT2D eigenvalue weighted by molar-refractivity contribution is 0.0943. The molecule has 1 aromatic heterocycles. The van der Waals surface area contributed by atoms with Gasteiger partial charge in [-0.2, -0.15) is 0 Å². The molecule has 0 aliphatic rings. The Hall–Kier alpha value is -1.56. The first-order chi connectivity index (χ1) is 8.90. The van der Waals surface area contributed by atoms with Gasteiger partial charge in [0.1, 0.15) is 0 Å². The molecular weight excluding hydrogens is 318 g/mol. The molecule has 0 saturated heterocycles. The number of halogens is 3. The summed E-state index contributed by atoms with van der Waals surface area (Å²) in [5.41, 5.74) is 0.470. The molecule has 0 atom stereocenters. The fourth-order valence-electron chi connectivity index (χ4n) is 1.66. The van der Waals surface area contributed by atoms with Gasteiger partial charge in [0, 0.05) is 22.1 Å². The highest BCUT2D eigenvalue weighted by atomic mass is 79.9. The molecule has 100 valence electrons. The number of carbonyl (C=O) groups excluding carboxylic acids is 1. The Morgan fingerprint density at radius 2 is 2.05 bits per heavy atom. The second-order valence-corrected chi connectivity index (χ2v) is 5.26. The van der Waals surface area contributed by atoms with Crippen molar-refractivity contribution < 1.29 is 13.6 Å². The zero-order valence-corrected chi connectivity index (χ0v) is 11.9. The smallest absolute Gasteiger partial charge is 0.253 e. The summed E-state index contributed by atoms with van der Waals surface area (Å²) in [6, 6.07) is 2.26. The van der Waals surface area contributed by atoms with Crippen LogP contribution in [0.1, 0.15) is 24.2 Å². The number of fused-ring (bicyclic) bond motifs is 1. The van der Waals surface area contributed by atoms with E-state index in [9.17, 15) is 13.6 Å². The zero-order chi connectivity index (χ0) is 14.2. The zero-order valence-electron chi connectivity index (χ0n) is 10.3. The molecule has 1 aromatic carbocycles. The largest absolute Gasteiger partial charge is 0.350 e. The first-order valence-electron chi connectivity index (χ1n) is 5.64. The number of nitrogens with zero attached hydrogens (tertiary/aromatic N) is 1. The van der Waals surface area contributed by atoms with E-state index in [1.165, 1.54) is 12.3 Å². The first-order valence-corrected chi connectivity index (χ1v) is 6.43. The molecule has 2 aromatic rings. The lowest BCUT2D eigenvalue weighted by Gasteiger charge is -2.09. The number of hydrogen-bond donors (Lipinski definition) is 1. The highest BCUT2D eigenvalue weighted by Crippen LogP contribution is 2.27. The Morgan fingerprint density at radius 1 is 1.37 bits per heavy atom. The summed E-state index contributed by atoms with van der Waals surface area (Å²) in [5, 5.41) is 2.64. The predicted octanol–water partition coefficient (Wildman–Crippen LogP) is 3.41. The van der Waals surface area contributed by atoms with E-state index in [2.05, 4.69) is 26.2 Å². The number of aromatic nitrogens is 1. The summed E-state index contributed by atoms with van der Waals surface area (Å²) in [6.07, 6.45) is 1.34. The average Bonchev–Trinajstić information content (AvgIpc) is 2.34. The van der Waals surface area contributed by atoms with Crippen LogP contribution in [0.5, 0.6) is 0 Å². The Kier molecular flexibility index (Phi) is 3.80. The van der Waals surface area contributed by atoms with Gasteiger partial charge in [-0.15, -0.1) is 0 Å². The van der Waals surface area contributed by atoms with Gasteiger partial charge in [-0.1, -0.05) is 0 Å². The molecule has 0 saturated carbocycles. The number of amides is 1. The molecular formula is C13H11BrF2N2O. The molecule has 3 nitrogen and oxygen atoms in total. The van der Waals surface area contributed by atoms with Gasteiger partial charge in [-0.25, -0.2) is 8.78 Å². The maximum atomic E-state index is 13.7. The number of hydrogen-bond acceptors (Lipinski definition) is 2. The second-order valence-electron chi connectivity index (χ2n) is 4.40. The van der Waals surface area contributed by atoms with Crippen LogP contribution in [0, 0.1) is 11.6 Å². The van der Waals surface area contributed by atoms with Gasteiger partial charge in [-0.3, -0.25) is 9.78 Å². The van der Waals surface area contributed by atoms with Crippen molar-refractivity contribution >= 4 is 32.7 Å². The van der Waals surface area contributed by atoms with Crippen LogP contribution in [0.25, 0.3) is 10.9 Å². The summed E-state index contributed by atoms with van der Waals surface area (Å²) in [7, 11) is 0. The van der Waals surface area contributed by atoms with Crippen LogP contribution in [0.15, 0.2) is 22.8 Å². The maximum Gasteiger partial charge on any atom is 0.253 e. The second kappa shape index (κ2) is 5.21. The van der Waals surface area contributed by atoms with Crippen LogP contribution in [0.2, 0.25) is 0 Å². The minimum atomic E-state index is -1.01. The van der Waals surface area contributed by atoms with E-state index >= 15 is 0 Å². The molecule has 1 heterocycles. The summed E-state index contributed by atoms with van der Waals surface area (Å²) in [6.45, 7) is 3.62. The van der Waals surface area contributed by atoms with Crippen LogP contribution < -0.4 is 5.32 Å². The summed E-state index contributed by atoms with van der Waals surface area (Å²) in [4.78, 5) is 15.8. The molecule has 6 heteroatoms. The topological polar surface area (TPSA) is 42.0 Å². The minimum Gasteiger partial charge on any atom is -0.350 e.